The van der Waals surface area contributed by atoms with E-state index < -0.39 is 0 Å². The Kier molecular flexibility index (Phi) is 2.22. The molecule has 0 unspecified atom stereocenters. The molecule has 1 saturated heterocycles. The van der Waals surface area contributed by atoms with Crippen molar-refractivity contribution in [3.8, 4) is 0 Å². The summed E-state index contributed by atoms with van der Waals surface area (Å²) in [4.78, 5) is 0. The van der Waals surface area contributed by atoms with E-state index in [1.165, 1.54) is 18.7 Å². The first kappa shape index (κ1) is 4.81. The zero-order valence-corrected chi connectivity index (χ0v) is 5.07. The van der Waals surface area contributed by atoms with Gasteiger partial charge in [0.25, 0.3) is 0 Å². The van der Waals surface area contributed by atoms with Crippen LogP contribution in [0.15, 0.2) is 0 Å². The molecular formula is C3H7NS2. The molecule has 3 heteroatoms. The Bertz CT molecular complexity index is 24.3. The third kappa shape index (κ3) is 1.41. The lowest BCUT2D eigenvalue weighted by Crippen LogP contribution is -2.08. The third-order valence-corrected chi connectivity index (χ3v) is 2.73. The predicted octanol–water partition coefficient (Wildman–Crippen LogP) is 1.28. The van der Waals surface area contributed by atoms with Crippen molar-refractivity contribution in [3.63, 3.8) is 0 Å². The third-order valence-electron chi connectivity index (χ3n) is 0.624. The van der Waals surface area contributed by atoms with Gasteiger partial charge in [-0.3, -0.25) is 4.72 Å². The molecule has 1 heterocycles. The molecule has 0 saturated carbocycles. The van der Waals surface area contributed by atoms with E-state index in [0.29, 0.717) is 0 Å². The van der Waals surface area contributed by atoms with Gasteiger partial charge in [0.2, 0.25) is 0 Å². The van der Waals surface area contributed by atoms with Crippen molar-refractivity contribution < 1.29 is 0 Å². The number of hydrogen-bond donors (Lipinski definition) is 1. The lowest BCUT2D eigenvalue weighted by molar-refractivity contribution is 0.885. The molecule has 1 fully saturated rings. The zero-order valence-electron chi connectivity index (χ0n) is 3.44. The summed E-state index contributed by atoms with van der Waals surface area (Å²) in [5.41, 5.74) is 0. The highest BCUT2D eigenvalue weighted by atomic mass is 33.1. The maximum Gasteiger partial charge on any atom is 0.00745 e. The van der Waals surface area contributed by atoms with E-state index in [0.717, 1.165) is 0 Å². The van der Waals surface area contributed by atoms with Crippen LogP contribution in [0.5, 0.6) is 0 Å². The number of hydrogen-bond acceptors (Lipinski definition) is 3. The summed E-state index contributed by atoms with van der Waals surface area (Å²) in [5, 5.41) is 0. The Morgan fingerprint density at radius 2 is 2.50 bits per heavy atom. The molecule has 0 bridgehead atoms. The van der Waals surface area contributed by atoms with Gasteiger partial charge in [-0.1, -0.05) is 10.8 Å². The molecule has 0 aromatic heterocycles. The fraction of sp³-hybridized carbons (Fsp3) is 1.00. The summed E-state index contributed by atoms with van der Waals surface area (Å²) in [6.45, 7) is 1.19. The van der Waals surface area contributed by atoms with Gasteiger partial charge in [-0.15, -0.1) is 0 Å². The summed E-state index contributed by atoms with van der Waals surface area (Å²) in [6, 6.07) is 0. The quantitative estimate of drug-likeness (QED) is 0.383. The van der Waals surface area contributed by atoms with Crippen LogP contribution in [0, 0.1) is 0 Å². The Morgan fingerprint density at radius 1 is 1.50 bits per heavy atom. The van der Waals surface area contributed by atoms with Crippen LogP contribution in [-0.4, -0.2) is 12.3 Å². The molecule has 0 atom stereocenters. The highest BCUT2D eigenvalue weighted by Crippen LogP contribution is 2.21. The normalized spacial score (nSPS) is 24.0. The standard InChI is InChI=1S/C3H7NS2/c1-2-4-6-5-3-1/h4H,1-3H2. The van der Waals surface area contributed by atoms with E-state index in [4.69, 9.17) is 0 Å². The summed E-state index contributed by atoms with van der Waals surface area (Å²) >= 11 is 0. The Labute approximate surface area is 45.8 Å². The molecule has 1 N–H and O–H groups in total. The fourth-order valence-electron chi connectivity index (χ4n) is 0.328. The first-order valence-electron chi connectivity index (χ1n) is 2.01. The maximum absolute atomic E-state index is 3.16. The molecule has 6 heavy (non-hydrogen) atoms. The van der Waals surface area contributed by atoms with E-state index in [2.05, 4.69) is 4.72 Å². The van der Waals surface area contributed by atoms with Gasteiger partial charge in [0.1, 0.15) is 0 Å². The monoisotopic (exact) mass is 121 g/mol. The minimum Gasteiger partial charge on any atom is -0.255 e. The highest BCUT2D eigenvalue weighted by molar-refractivity contribution is 8.76. The van der Waals surface area contributed by atoms with Gasteiger partial charge in [-0.2, -0.15) is 0 Å². The van der Waals surface area contributed by atoms with Crippen molar-refractivity contribution in [2.75, 3.05) is 12.3 Å². The number of rotatable bonds is 0. The van der Waals surface area contributed by atoms with Crippen LogP contribution in [-0.2, 0) is 0 Å². The molecule has 0 aromatic rings. The molecule has 0 spiro atoms. The van der Waals surface area contributed by atoms with Gasteiger partial charge < -0.3 is 0 Å². The molecule has 1 aliphatic heterocycles. The van der Waals surface area contributed by atoms with Crippen LogP contribution in [0.1, 0.15) is 6.42 Å². The minimum atomic E-state index is 1.19. The van der Waals surface area contributed by atoms with Crippen LogP contribution in [0.3, 0.4) is 0 Å². The first-order valence-corrected chi connectivity index (χ1v) is 4.33. The van der Waals surface area contributed by atoms with Crippen molar-refractivity contribution in [1.82, 2.24) is 4.72 Å². The maximum atomic E-state index is 3.16. The molecular weight excluding hydrogens is 114 g/mol. The molecule has 0 amide bonds. The molecule has 0 aliphatic carbocycles. The van der Waals surface area contributed by atoms with E-state index in [9.17, 15) is 0 Å². The molecule has 1 nitrogen and oxygen atoms in total. The Hall–Kier alpha value is 0.660. The van der Waals surface area contributed by atoms with Gasteiger partial charge in [0.05, 0.1) is 0 Å². The van der Waals surface area contributed by atoms with Gasteiger partial charge in [0, 0.05) is 12.3 Å². The SMILES string of the molecule is C1CNSSC1. The molecule has 1 rings (SSSR count). The molecule has 0 radical (unpaired) electrons. The molecule has 36 valence electrons. The van der Waals surface area contributed by atoms with Crippen molar-refractivity contribution in [2.24, 2.45) is 0 Å². The topological polar surface area (TPSA) is 12.0 Å². The summed E-state index contributed by atoms with van der Waals surface area (Å²) in [6.07, 6.45) is 1.33. The van der Waals surface area contributed by atoms with Crippen molar-refractivity contribution >= 4 is 21.8 Å². The van der Waals surface area contributed by atoms with Gasteiger partial charge in [0.15, 0.2) is 0 Å². The fourth-order valence-corrected chi connectivity index (χ4v) is 2.09. The van der Waals surface area contributed by atoms with E-state index in [1.54, 1.807) is 11.0 Å². The lowest BCUT2D eigenvalue weighted by atomic mass is 10.5. The second-order valence-corrected chi connectivity index (χ2v) is 3.46. The first-order chi connectivity index (χ1) is 3.00. The van der Waals surface area contributed by atoms with E-state index >= 15 is 0 Å². The Morgan fingerprint density at radius 3 is 2.67 bits per heavy atom. The van der Waals surface area contributed by atoms with Crippen molar-refractivity contribution in [2.45, 2.75) is 6.42 Å². The Balaban J connectivity index is 2.00. The lowest BCUT2D eigenvalue weighted by Gasteiger charge is -2.06. The van der Waals surface area contributed by atoms with Crippen molar-refractivity contribution in [1.29, 1.82) is 0 Å². The van der Waals surface area contributed by atoms with Crippen LogP contribution in [0.4, 0.5) is 0 Å². The van der Waals surface area contributed by atoms with Crippen LogP contribution in [0.25, 0.3) is 0 Å². The van der Waals surface area contributed by atoms with Gasteiger partial charge >= 0.3 is 0 Å². The highest BCUT2D eigenvalue weighted by Gasteiger charge is 1.95. The van der Waals surface area contributed by atoms with Crippen LogP contribution >= 0.6 is 21.8 Å². The summed E-state index contributed by atoms with van der Waals surface area (Å²) in [7, 11) is 3.66. The van der Waals surface area contributed by atoms with Crippen LogP contribution < -0.4 is 4.72 Å². The summed E-state index contributed by atoms with van der Waals surface area (Å²) < 4.78 is 3.16. The van der Waals surface area contributed by atoms with E-state index in [1.807, 2.05) is 10.8 Å². The largest absolute Gasteiger partial charge is 0.255 e. The van der Waals surface area contributed by atoms with E-state index in [-0.39, 0.29) is 0 Å². The average Bonchev–Trinajstić information content (AvgIpc) is 1.72. The number of nitrogens with one attached hydrogen (secondary N) is 1. The average molecular weight is 121 g/mol. The smallest absolute Gasteiger partial charge is 0.00745 e. The second-order valence-electron chi connectivity index (χ2n) is 1.15. The minimum absolute atomic E-state index is 1.19. The molecule has 1 aliphatic rings. The summed E-state index contributed by atoms with van der Waals surface area (Å²) in [5.74, 6) is 1.32. The van der Waals surface area contributed by atoms with Crippen molar-refractivity contribution in [3.05, 3.63) is 0 Å². The van der Waals surface area contributed by atoms with Gasteiger partial charge in [-0.05, 0) is 17.4 Å². The molecule has 0 aromatic carbocycles. The second kappa shape index (κ2) is 2.77. The van der Waals surface area contributed by atoms with Gasteiger partial charge in [-0.25, -0.2) is 0 Å². The zero-order chi connectivity index (χ0) is 4.24. The van der Waals surface area contributed by atoms with Crippen LogP contribution in [0.2, 0.25) is 0 Å². The predicted molar refractivity (Wildman–Crippen MR) is 32.7 cm³/mol.